The van der Waals surface area contributed by atoms with Crippen LogP contribution in [-0.2, 0) is 20.9 Å². The number of rotatable bonds is 5. The summed E-state index contributed by atoms with van der Waals surface area (Å²) in [5.41, 5.74) is 1.28. The van der Waals surface area contributed by atoms with Gasteiger partial charge in [-0.2, -0.15) is 16.9 Å². The number of amides is 2. The number of carbonyl (C=O) groups excluding carboxylic acids is 2. The highest BCUT2D eigenvalue weighted by Crippen LogP contribution is 2.22. The molecule has 2 heterocycles. The number of hydrogen-bond donors (Lipinski definition) is 1. The summed E-state index contributed by atoms with van der Waals surface area (Å²) in [4.78, 5) is 37.8. The molecule has 0 aliphatic carbocycles. The zero-order chi connectivity index (χ0) is 18.5. The van der Waals surface area contributed by atoms with E-state index in [1.54, 1.807) is 16.7 Å². The van der Waals surface area contributed by atoms with Crippen LogP contribution in [0.3, 0.4) is 0 Å². The van der Waals surface area contributed by atoms with Gasteiger partial charge in [0.25, 0.3) is 5.91 Å². The number of nitrogens with zero attached hydrogens (tertiary/aromatic N) is 3. The van der Waals surface area contributed by atoms with E-state index >= 15 is 0 Å². The van der Waals surface area contributed by atoms with Crippen LogP contribution in [-0.4, -0.2) is 62.6 Å². The second kappa shape index (κ2) is 8.35. The highest BCUT2D eigenvalue weighted by atomic mass is 32.2. The van der Waals surface area contributed by atoms with Crippen molar-refractivity contribution in [2.75, 3.05) is 18.1 Å². The molecule has 26 heavy (non-hydrogen) atoms. The average Bonchev–Trinajstić information content (AvgIpc) is 2.64. The van der Waals surface area contributed by atoms with E-state index < -0.39 is 5.97 Å². The largest absolute Gasteiger partial charge is 0.481 e. The molecule has 2 aliphatic rings. The summed E-state index contributed by atoms with van der Waals surface area (Å²) in [6, 6.07) is 9.16. The lowest BCUT2D eigenvalue weighted by molar-refractivity contribution is -0.139. The maximum absolute atomic E-state index is 12.9. The SMILES string of the molecule is O=C(O)CC1CSCCN1C(=O)C1=NN(Cc2ccccc2)C(=O)CC1. The monoisotopic (exact) mass is 375 g/mol. The van der Waals surface area contributed by atoms with Crippen molar-refractivity contribution in [2.45, 2.75) is 31.8 Å². The Morgan fingerprint density at radius 3 is 2.73 bits per heavy atom. The quantitative estimate of drug-likeness (QED) is 0.844. The Labute approximate surface area is 156 Å². The van der Waals surface area contributed by atoms with E-state index in [2.05, 4.69) is 5.10 Å². The summed E-state index contributed by atoms with van der Waals surface area (Å²) in [7, 11) is 0. The van der Waals surface area contributed by atoms with E-state index in [4.69, 9.17) is 5.11 Å². The minimum Gasteiger partial charge on any atom is -0.481 e. The third-order valence-electron chi connectivity index (χ3n) is 4.43. The van der Waals surface area contributed by atoms with Gasteiger partial charge < -0.3 is 10.0 Å². The van der Waals surface area contributed by atoms with Crippen molar-refractivity contribution in [1.82, 2.24) is 9.91 Å². The topological polar surface area (TPSA) is 90.3 Å². The molecule has 0 aromatic heterocycles. The van der Waals surface area contributed by atoms with Crippen molar-refractivity contribution in [2.24, 2.45) is 5.10 Å². The zero-order valence-corrected chi connectivity index (χ0v) is 15.2. The van der Waals surface area contributed by atoms with E-state index in [9.17, 15) is 14.4 Å². The molecule has 138 valence electrons. The summed E-state index contributed by atoms with van der Waals surface area (Å²) in [6.45, 7) is 0.831. The standard InChI is InChI=1S/C18H21N3O4S/c22-16-7-6-15(19-21(16)11-13-4-2-1-3-5-13)18(25)20-8-9-26-12-14(20)10-17(23)24/h1-5,14H,6-12H2,(H,23,24). The highest BCUT2D eigenvalue weighted by molar-refractivity contribution is 7.99. The molecule has 3 rings (SSSR count). The van der Waals surface area contributed by atoms with Gasteiger partial charge in [-0.15, -0.1) is 0 Å². The molecule has 8 heteroatoms. The second-order valence-corrected chi connectivity index (χ2v) is 7.46. The molecule has 0 saturated carbocycles. The van der Waals surface area contributed by atoms with Gasteiger partial charge in [0.15, 0.2) is 0 Å². The van der Waals surface area contributed by atoms with Crippen molar-refractivity contribution in [3.05, 3.63) is 35.9 Å². The number of carboxylic acid groups (broad SMARTS) is 1. The summed E-state index contributed by atoms with van der Waals surface area (Å²) < 4.78 is 0. The molecule has 1 fully saturated rings. The molecule has 2 aliphatic heterocycles. The highest BCUT2D eigenvalue weighted by Gasteiger charge is 2.33. The van der Waals surface area contributed by atoms with Gasteiger partial charge in [-0.25, -0.2) is 5.01 Å². The third-order valence-corrected chi connectivity index (χ3v) is 5.52. The van der Waals surface area contributed by atoms with Gasteiger partial charge in [0.2, 0.25) is 5.91 Å². The summed E-state index contributed by atoms with van der Waals surface area (Å²) in [5, 5.41) is 14.7. The average molecular weight is 375 g/mol. The molecular formula is C18H21N3O4S. The van der Waals surface area contributed by atoms with Gasteiger partial charge in [0.05, 0.1) is 19.0 Å². The fraction of sp³-hybridized carbons (Fsp3) is 0.444. The van der Waals surface area contributed by atoms with E-state index in [1.165, 1.54) is 5.01 Å². The maximum atomic E-state index is 12.9. The number of thioether (sulfide) groups is 1. The smallest absolute Gasteiger partial charge is 0.305 e. The minimum absolute atomic E-state index is 0.0708. The second-order valence-electron chi connectivity index (χ2n) is 6.31. The van der Waals surface area contributed by atoms with Crippen LogP contribution < -0.4 is 0 Å². The van der Waals surface area contributed by atoms with Crippen molar-refractivity contribution in [3.8, 4) is 0 Å². The summed E-state index contributed by atoms with van der Waals surface area (Å²) >= 11 is 1.65. The lowest BCUT2D eigenvalue weighted by atomic mass is 10.1. The fourth-order valence-corrected chi connectivity index (χ4v) is 4.16. The van der Waals surface area contributed by atoms with Gasteiger partial charge in [-0.05, 0) is 5.56 Å². The first kappa shape index (κ1) is 18.4. The molecule has 2 amide bonds. The van der Waals surface area contributed by atoms with Gasteiger partial charge >= 0.3 is 5.97 Å². The molecule has 1 saturated heterocycles. The third kappa shape index (κ3) is 4.43. The van der Waals surface area contributed by atoms with Crippen molar-refractivity contribution < 1.29 is 19.5 Å². The van der Waals surface area contributed by atoms with E-state index in [-0.39, 0.29) is 30.7 Å². The molecule has 0 radical (unpaired) electrons. The zero-order valence-electron chi connectivity index (χ0n) is 14.3. The van der Waals surface area contributed by atoms with Crippen LogP contribution in [0.25, 0.3) is 0 Å². The number of carboxylic acids is 1. The summed E-state index contributed by atoms with van der Waals surface area (Å²) in [6.07, 6.45) is 0.467. The predicted octanol–water partition coefficient (Wildman–Crippen LogP) is 1.58. The predicted molar refractivity (Wildman–Crippen MR) is 98.7 cm³/mol. The Morgan fingerprint density at radius 1 is 1.23 bits per heavy atom. The lowest BCUT2D eigenvalue weighted by Crippen LogP contribution is -2.50. The first-order chi connectivity index (χ1) is 12.5. The summed E-state index contributed by atoms with van der Waals surface area (Å²) in [5.74, 6) is 0.116. The Hall–Kier alpha value is -2.35. The molecule has 0 spiro atoms. The minimum atomic E-state index is -0.915. The van der Waals surface area contributed by atoms with Crippen molar-refractivity contribution >= 4 is 35.3 Å². The van der Waals surface area contributed by atoms with E-state index in [0.717, 1.165) is 11.3 Å². The molecule has 0 bridgehead atoms. The van der Waals surface area contributed by atoms with Crippen LogP contribution in [0, 0.1) is 0 Å². The molecular weight excluding hydrogens is 354 g/mol. The first-order valence-electron chi connectivity index (χ1n) is 8.57. The van der Waals surface area contributed by atoms with Crippen LogP contribution >= 0.6 is 11.8 Å². The maximum Gasteiger partial charge on any atom is 0.305 e. The fourth-order valence-electron chi connectivity index (χ4n) is 3.09. The van der Waals surface area contributed by atoms with Crippen LogP contribution in [0.5, 0.6) is 0 Å². The van der Waals surface area contributed by atoms with Crippen LogP contribution in [0.2, 0.25) is 0 Å². The van der Waals surface area contributed by atoms with Crippen LogP contribution in [0.15, 0.2) is 35.4 Å². The number of carbonyl (C=O) groups is 3. The van der Waals surface area contributed by atoms with Crippen LogP contribution in [0.4, 0.5) is 0 Å². The van der Waals surface area contributed by atoms with Gasteiger partial charge in [-0.3, -0.25) is 14.4 Å². The Kier molecular flexibility index (Phi) is 5.92. The van der Waals surface area contributed by atoms with Crippen molar-refractivity contribution in [3.63, 3.8) is 0 Å². The normalized spacial score (nSPS) is 20.7. The van der Waals surface area contributed by atoms with Crippen LogP contribution in [0.1, 0.15) is 24.8 Å². The Balaban J connectivity index is 1.75. The van der Waals surface area contributed by atoms with Gasteiger partial charge in [-0.1, -0.05) is 30.3 Å². The van der Waals surface area contributed by atoms with Gasteiger partial charge in [0, 0.05) is 30.9 Å². The molecule has 1 aromatic carbocycles. The Morgan fingerprint density at radius 2 is 2.00 bits per heavy atom. The lowest BCUT2D eigenvalue weighted by Gasteiger charge is -2.35. The number of hydrazone groups is 1. The first-order valence-corrected chi connectivity index (χ1v) is 9.72. The van der Waals surface area contributed by atoms with E-state index in [1.807, 2.05) is 30.3 Å². The number of benzene rings is 1. The van der Waals surface area contributed by atoms with Crippen molar-refractivity contribution in [1.29, 1.82) is 0 Å². The number of hydrogen-bond acceptors (Lipinski definition) is 5. The van der Waals surface area contributed by atoms with Gasteiger partial charge in [0.1, 0.15) is 5.71 Å². The molecule has 1 unspecified atom stereocenters. The van der Waals surface area contributed by atoms with E-state index in [0.29, 0.717) is 31.0 Å². The number of aliphatic carboxylic acids is 1. The molecule has 1 atom stereocenters. The molecule has 1 N–H and O–H groups in total. The molecule has 1 aromatic rings. The Bertz CT molecular complexity index is 722. The molecule has 7 nitrogen and oxygen atoms in total.